The lowest BCUT2D eigenvalue weighted by molar-refractivity contribution is -0.139. The van der Waals surface area contributed by atoms with E-state index in [-0.39, 0.29) is 5.41 Å². The first-order chi connectivity index (χ1) is 9.88. The van der Waals surface area contributed by atoms with E-state index < -0.39 is 5.97 Å². The summed E-state index contributed by atoms with van der Waals surface area (Å²) in [5, 5.41) is 9.01. The van der Waals surface area contributed by atoms with E-state index in [1.165, 1.54) is 64.2 Å². The molecule has 0 aliphatic rings. The maximum atomic E-state index is 10.9. The molecule has 0 amide bonds. The Bertz CT molecular complexity index is 253. The predicted molar refractivity (Wildman–Crippen MR) is 91.7 cm³/mol. The van der Waals surface area contributed by atoms with Crippen molar-refractivity contribution in [1.82, 2.24) is 0 Å². The molecule has 0 aromatic rings. The molecule has 1 atom stereocenters. The summed E-state index contributed by atoms with van der Waals surface area (Å²) in [6.07, 6.45) is 14.8. The number of unbranched alkanes of at least 4 members (excludes halogenated alkanes) is 9. The van der Waals surface area contributed by atoms with Crippen LogP contribution in [-0.4, -0.2) is 11.1 Å². The highest BCUT2D eigenvalue weighted by molar-refractivity contribution is 5.67. The van der Waals surface area contributed by atoms with E-state index in [2.05, 4.69) is 27.7 Å². The lowest BCUT2D eigenvalue weighted by Crippen LogP contribution is -2.23. The third-order valence-electron chi connectivity index (χ3n) is 4.55. The number of rotatable bonds is 13. The summed E-state index contributed by atoms with van der Waals surface area (Å²) in [5.41, 5.74) is 0.109. The van der Waals surface area contributed by atoms with Crippen molar-refractivity contribution in [3.63, 3.8) is 0 Å². The van der Waals surface area contributed by atoms with Gasteiger partial charge in [-0.1, -0.05) is 91.9 Å². The van der Waals surface area contributed by atoms with Crippen LogP contribution in [0.4, 0.5) is 0 Å². The average molecular weight is 299 g/mol. The van der Waals surface area contributed by atoms with Gasteiger partial charge in [0.1, 0.15) is 0 Å². The van der Waals surface area contributed by atoms with E-state index in [9.17, 15) is 4.79 Å². The molecule has 0 aliphatic heterocycles. The molecule has 0 aliphatic carbocycles. The fourth-order valence-corrected chi connectivity index (χ4v) is 2.93. The summed E-state index contributed by atoms with van der Waals surface area (Å²) in [6, 6.07) is 0. The Kier molecular flexibility index (Phi) is 11.8. The summed E-state index contributed by atoms with van der Waals surface area (Å²) in [7, 11) is 0. The van der Waals surface area contributed by atoms with Gasteiger partial charge in [-0.2, -0.15) is 0 Å². The van der Waals surface area contributed by atoms with Gasteiger partial charge in [0.2, 0.25) is 0 Å². The highest BCUT2D eigenvalue weighted by atomic mass is 16.4. The molecule has 0 saturated carbocycles. The molecule has 0 aromatic carbocycles. The van der Waals surface area contributed by atoms with Crippen molar-refractivity contribution >= 4 is 5.97 Å². The minimum atomic E-state index is -0.651. The maximum absolute atomic E-state index is 10.9. The Balaban J connectivity index is 3.56. The van der Waals surface area contributed by atoms with Gasteiger partial charge >= 0.3 is 5.97 Å². The zero-order valence-electron chi connectivity index (χ0n) is 14.9. The van der Waals surface area contributed by atoms with E-state index >= 15 is 0 Å². The van der Waals surface area contributed by atoms with Gasteiger partial charge in [-0.25, -0.2) is 0 Å². The molecule has 0 aromatic heterocycles. The molecular formula is C19H38O2. The summed E-state index contributed by atoms with van der Waals surface area (Å²) < 4.78 is 0. The third kappa shape index (κ3) is 12.9. The van der Waals surface area contributed by atoms with Gasteiger partial charge in [0.05, 0.1) is 0 Å². The largest absolute Gasteiger partial charge is 0.481 e. The molecular weight excluding hydrogens is 260 g/mol. The molecule has 21 heavy (non-hydrogen) atoms. The second kappa shape index (κ2) is 12.1. The van der Waals surface area contributed by atoms with Gasteiger partial charge in [-0.05, 0) is 17.8 Å². The fourth-order valence-electron chi connectivity index (χ4n) is 2.93. The zero-order chi connectivity index (χ0) is 16.1. The van der Waals surface area contributed by atoms with Crippen LogP contribution in [-0.2, 0) is 4.79 Å². The monoisotopic (exact) mass is 298 g/mol. The number of aliphatic carboxylic acids is 1. The minimum Gasteiger partial charge on any atom is -0.481 e. The summed E-state index contributed by atoms with van der Waals surface area (Å²) in [5.74, 6) is -0.342. The SMILES string of the molecule is CCCCCCCCCCCCC(CC(=O)O)C(C)(C)C. The van der Waals surface area contributed by atoms with Crippen LogP contribution in [0.15, 0.2) is 0 Å². The summed E-state index contributed by atoms with van der Waals surface area (Å²) in [6.45, 7) is 8.75. The topological polar surface area (TPSA) is 37.3 Å². The van der Waals surface area contributed by atoms with E-state index in [0.29, 0.717) is 12.3 Å². The molecule has 126 valence electrons. The number of carbonyl (C=O) groups is 1. The van der Waals surface area contributed by atoms with E-state index in [1.54, 1.807) is 0 Å². The van der Waals surface area contributed by atoms with Crippen LogP contribution in [0.25, 0.3) is 0 Å². The molecule has 0 heterocycles. The smallest absolute Gasteiger partial charge is 0.303 e. The summed E-state index contributed by atoms with van der Waals surface area (Å²) in [4.78, 5) is 10.9. The van der Waals surface area contributed by atoms with Crippen LogP contribution in [0.2, 0.25) is 0 Å². The average Bonchev–Trinajstić information content (AvgIpc) is 2.38. The first-order valence-corrected chi connectivity index (χ1v) is 9.09. The molecule has 0 saturated heterocycles. The van der Waals surface area contributed by atoms with Gasteiger partial charge < -0.3 is 5.11 Å². The first kappa shape index (κ1) is 20.5. The Morgan fingerprint density at radius 2 is 1.29 bits per heavy atom. The fraction of sp³-hybridized carbons (Fsp3) is 0.947. The van der Waals surface area contributed by atoms with E-state index in [4.69, 9.17) is 5.11 Å². The lowest BCUT2D eigenvalue weighted by atomic mass is 9.76. The van der Waals surface area contributed by atoms with Crippen molar-refractivity contribution in [3.8, 4) is 0 Å². The Morgan fingerprint density at radius 3 is 1.67 bits per heavy atom. The van der Waals surface area contributed by atoms with Crippen LogP contribution >= 0.6 is 0 Å². The van der Waals surface area contributed by atoms with Gasteiger partial charge in [0.25, 0.3) is 0 Å². The van der Waals surface area contributed by atoms with Crippen LogP contribution in [0.1, 0.15) is 105 Å². The second-order valence-corrected chi connectivity index (χ2v) is 7.63. The number of hydrogen-bond acceptors (Lipinski definition) is 1. The Labute approximate surface area is 132 Å². The highest BCUT2D eigenvalue weighted by Crippen LogP contribution is 2.33. The number of carboxylic acid groups (broad SMARTS) is 1. The first-order valence-electron chi connectivity index (χ1n) is 9.09. The van der Waals surface area contributed by atoms with Crippen LogP contribution < -0.4 is 0 Å². The van der Waals surface area contributed by atoms with Crippen molar-refractivity contribution < 1.29 is 9.90 Å². The van der Waals surface area contributed by atoms with E-state index in [1.807, 2.05) is 0 Å². The van der Waals surface area contributed by atoms with Gasteiger partial charge in [-0.3, -0.25) is 4.79 Å². The molecule has 0 fully saturated rings. The molecule has 1 N–H and O–H groups in total. The van der Waals surface area contributed by atoms with Crippen LogP contribution in [0, 0.1) is 11.3 Å². The van der Waals surface area contributed by atoms with Crippen molar-refractivity contribution in [3.05, 3.63) is 0 Å². The van der Waals surface area contributed by atoms with Gasteiger partial charge in [0.15, 0.2) is 0 Å². The lowest BCUT2D eigenvalue weighted by Gasteiger charge is -2.29. The van der Waals surface area contributed by atoms with Crippen molar-refractivity contribution in [2.24, 2.45) is 11.3 Å². The molecule has 1 unspecified atom stereocenters. The molecule has 2 nitrogen and oxygen atoms in total. The molecule has 0 rings (SSSR count). The number of carboxylic acids is 1. The van der Waals surface area contributed by atoms with Crippen LogP contribution in [0.3, 0.4) is 0 Å². The Hall–Kier alpha value is -0.530. The number of hydrogen-bond donors (Lipinski definition) is 1. The van der Waals surface area contributed by atoms with Crippen molar-refractivity contribution in [1.29, 1.82) is 0 Å². The molecule has 2 heteroatoms. The van der Waals surface area contributed by atoms with Crippen molar-refractivity contribution in [2.45, 2.75) is 105 Å². The predicted octanol–water partition coefficient (Wildman–Crippen LogP) is 6.43. The Morgan fingerprint density at radius 1 is 0.857 bits per heavy atom. The quantitative estimate of drug-likeness (QED) is 0.397. The third-order valence-corrected chi connectivity index (χ3v) is 4.55. The normalized spacial score (nSPS) is 13.3. The zero-order valence-corrected chi connectivity index (χ0v) is 14.9. The molecule has 0 bridgehead atoms. The van der Waals surface area contributed by atoms with Crippen molar-refractivity contribution in [2.75, 3.05) is 0 Å². The minimum absolute atomic E-state index is 0.109. The standard InChI is InChI=1S/C19H38O2/c1-5-6-7-8-9-10-11-12-13-14-15-17(16-18(20)21)19(2,3)4/h17H,5-16H2,1-4H3,(H,20,21). The van der Waals surface area contributed by atoms with Gasteiger partial charge in [-0.15, -0.1) is 0 Å². The van der Waals surface area contributed by atoms with E-state index in [0.717, 1.165) is 6.42 Å². The highest BCUT2D eigenvalue weighted by Gasteiger charge is 2.26. The molecule has 0 radical (unpaired) electrons. The summed E-state index contributed by atoms with van der Waals surface area (Å²) >= 11 is 0. The van der Waals surface area contributed by atoms with Gasteiger partial charge in [0, 0.05) is 6.42 Å². The maximum Gasteiger partial charge on any atom is 0.303 e. The molecule has 0 spiro atoms. The van der Waals surface area contributed by atoms with Crippen LogP contribution in [0.5, 0.6) is 0 Å². The second-order valence-electron chi connectivity index (χ2n) is 7.63.